The van der Waals surface area contributed by atoms with Crippen molar-refractivity contribution in [3.8, 4) is 0 Å². The molecule has 0 saturated heterocycles. The van der Waals surface area contributed by atoms with Crippen LogP contribution in [0.1, 0.15) is 12.5 Å². The van der Waals surface area contributed by atoms with Crippen LogP contribution in [0.15, 0.2) is 23.4 Å². The van der Waals surface area contributed by atoms with Gasteiger partial charge in [0.05, 0.1) is 5.03 Å². The number of rotatable bonds is 3. The molecule has 0 amide bonds. The Labute approximate surface area is 76.4 Å². The highest BCUT2D eigenvalue weighted by Crippen LogP contribution is 2.17. The number of hydrogen-bond acceptors (Lipinski definition) is 3. The van der Waals surface area contributed by atoms with Crippen molar-refractivity contribution in [1.82, 2.24) is 4.98 Å². The highest BCUT2D eigenvalue weighted by Gasteiger charge is 2.03. The van der Waals surface area contributed by atoms with Crippen LogP contribution in [-0.4, -0.2) is 17.0 Å². The van der Waals surface area contributed by atoms with Gasteiger partial charge in [0.25, 0.3) is 0 Å². The third kappa shape index (κ3) is 2.34. The largest absolute Gasteiger partial charge is 0.300 e. The molecule has 64 valence electrons. The fourth-order valence-electron chi connectivity index (χ4n) is 1.01. The molecule has 0 radical (unpaired) electrons. The van der Waals surface area contributed by atoms with Gasteiger partial charge in [0.15, 0.2) is 0 Å². The van der Waals surface area contributed by atoms with Gasteiger partial charge in [-0.05, 0) is 24.8 Å². The van der Waals surface area contributed by atoms with Crippen LogP contribution in [0.2, 0.25) is 0 Å². The third-order valence-corrected chi connectivity index (χ3v) is 2.24. The molecule has 1 aromatic heterocycles. The molecule has 0 N–H and O–H groups in total. The number of hydrogen-bond donors (Lipinski definition) is 0. The molecule has 0 atom stereocenters. The number of ketones is 1. The molecule has 1 aromatic rings. The maximum Gasteiger partial charge on any atom is 0.134 e. The molecular formula is C9H11NOS. The van der Waals surface area contributed by atoms with Gasteiger partial charge in [-0.15, -0.1) is 11.8 Å². The first kappa shape index (κ1) is 9.26. The summed E-state index contributed by atoms with van der Waals surface area (Å²) in [5.74, 6) is 0.179. The molecule has 0 bridgehead atoms. The molecule has 0 aliphatic rings. The molecule has 3 heteroatoms. The number of pyridine rings is 1. The zero-order valence-corrected chi connectivity index (χ0v) is 8.02. The van der Waals surface area contributed by atoms with E-state index in [1.54, 1.807) is 24.9 Å². The lowest BCUT2D eigenvalue weighted by atomic mass is 10.2. The molecule has 0 fully saturated rings. The summed E-state index contributed by atoms with van der Waals surface area (Å²) in [5, 5.41) is 0.952. The van der Waals surface area contributed by atoms with Crippen molar-refractivity contribution in [1.29, 1.82) is 0 Å². The van der Waals surface area contributed by atoms with Gasteiger partial charge < -0.3 is 0 Å². The smallest absolute Gasteiger partial charge is 0.134 e. The van der Waals surface area contributed by atoms with E-state index < -0.39 is 0 Å². The average molecular weight is 181 g/mol. The first-order valence-corrected chi connectivity index (χ1v) is 4.94. The van der Waals surface area contributed by atoms with Crippen LogP contribution in [0.4, 0.5) is 0 Å². The van der Waals surface area contributed by atoms with Crippen LogP contribution in [0.3, 0.4) is 0 Å². The topological polar surface area (TPSA) is 30.0 Å². The fraction of sp³-hybridized carbons (Fsp3) is 0.333. The molecule has 0 saturated carbocycles. The van der Waals surface area contributed by atoms with Gasteiger partial charge in [-0.2, -0.15) is 0 Å². The van der Waals surface area contributed by atoms with Crippen LogP contribution < -0.4 is 0 Å². The van der Waals surface area contributed by atoms with Crippen molar-refractivity contribution in [2.45, 2.75) is 18.4 Å². The molecule has 1 heterocycles. The maximum atomic E-state index is 10.8. The first-order chi connectivity index (χ1) is 5.74. The Kier molecular flexibility index (Phi) is 3.29. The second kappa shape index (κ2) is 4.26. The van der Waals surface area contributed by atoms with E-state index in [0.29, 0.717) is 6.42 Å². The van der Waals surface area contributed by atoms with E-state index in [2.05, 4.69) is 4.98 Å². The summed E-state index contributed by atoms with van der Waals surface area (Å²) in [5.41, 5.74) is 1.03. The highest BCUT2D eigenvalue weighted by molar-refractivity contribution is 7.98. The van der Waals surface area contributed by atoms with Gasteiger partial charge in [-0.1, -0.05) is 6.07 Å². The lowest BCUT2D eigenvalue weighted by Gasteiger charge is -2.02. The Morgan fingerprint density at radius 1 is 1.67 bits per heavy atom. The van der Waals surface area contributed by atoms with E-state index >= 15 is 0 Å². The van der Waals surface area contributed by atoms with Gasteiger partial charge in [-0.25, -0.2) is 4.98 Å². The SMILES string of the molecule is CSc1ncccc1CC(C)=O. The summed E-state index contributed by atoms with van der Waals surface area (Å²) < 4.78 is 0. The predicted octanol–water partition coefficient (Wildman–Crippen LogP) is 1.94. The van der Waals surface area contributed by atoms with Crippen molar-refractivity contribution in [3.05, 3.63) is 23.9 Å². The predicted molar refractivity (Wildman–Crippen MR) is 50.4 cm³/mol. The van der Waals surface area contributed by atoms with Crippen molar-refractivity contribution in [2.24, 2.45) is 0 Å². The maximum absolute atomic E-state index is 10.8. The molecular weight excluding hydrogens is 170 g/mol. The van der Waals surface area contributed by atoms with Gasteiger partial charge in [-0.3, -0.25) is 4.79 Å². The molecule has 0 aliphatic heterocycles. The second-order valence-electron chi connectivity index (χ2n) is 2.55. The Balaban J connectivity index is 2.89. The minimum atomic E-state index is 0.179. The number of Topliss-reactive ketones (excluding diaryl/α,β-unsaturated/α-hetero) is 1. The van der Waals surface area contributed by atoms with E-state index in [4.69, 9.17) is 0 Å². The standard InChI is InChI=1S/C9H11NOS/c1-7(11)6-8-4-3-5-10-9(8)12-2/h3-5H,6H2,1-2H3. The number of aromatic nitrogens is 1. The van der Waals surface area contributed by atoms with Crippen LogP contribution in [0.5, 0.6) is 0 Å². The summed E-state index contributed by atoms with van der Waals surface area (Å²) in [6, 6.07) is 3.80. The van der Waals surface area contributed by atoms with E-state index in [-0.39, 0.29) is 5.78 Å². The minimum Gasteiger partial charge on any atom is -0.300 e. The monoisotopic (exact) mass is 181 g/mol. The van der Waals surface area contributed by atoms with Crippen LogP contribution in [0.25, 0.3) is 0 Å². The summed E-state index contributed by atoms with van der Waals surface area (Å²) in [4.78, 5) is 15.0. The molecule has 12 heavy (non-hydrogen) atoms. The Bertz CT molecular complexity index is 286. The summed E-state index contributed by atoms with van der Waals surface area (Å²) in [7, 11) is 0. The lowest BCUT2D eigenvalue weighted by Crippen LogP contribution is -1.98. The van der Waals surface area contributed by atoms with Gasteiger partial charge >= 0.3 is 0 Å². The number of nitrogens with zero attached hydrogens (tertiary/aromatic N) is 1. The number of carbonyl (C=O) groups excluding carboxylic acids is 1. The highest BCUT2D eigenvalue weighted by atomic mass is 32.2. The van der Waals surface area contributed by atoms with Crippen molar-refractivity contribution < 1.29 is 4.79 Å². The zero-order valence-electron chi connectivity index (χ0n) is 7.20. The van der Waals surface area contributed by atoms with Crippen LogP contribution in [0, 0.1) is 0 Å². The van der Waals surface area contributed by atoms with E-state index in [1.165, 1.54) is 0 Å². The van der Waals surface area contributed by atoms with Crippen molar-refractivity contribution in [2.75, 3.05) is 6.26 Å². The minimum absolute atomic E-state index is 0.179. The summed E-state index contributed by atoms with van der Waals surface area (Å²) in [6.07, 6.45) is 4.20. The molecule has 0 aliphatic carbocycles. The van der Waals surface area contributed by atoms with Crippen LogP contribution in [-0.2, 0) is 11.2 Å². The molecule has 0 aromatic carbocycles. The fourth-order valence-corrected chi connectivity index (χ4v) is 1.58. The Morgan fingerprint density at radius 3 is 3.00 bits per heavy atom. The van der Waals surface area contributed by atoms with Crippen molar-refractivity contribution >= 4 is 17.5 Å². The molecule has 0 spiro atoms. The quantitative estimate of drug-likeness (QED) is 0.667. The molecule has 0 unspecified atom stereocenters. The molecule has 1 rings (SSSR count). The van der Waals surface area contributed by atoms with Crippen LogP contribution >= 0.6 is 11.8 Å². The molecule has 2 nitrogen and oxygen atoms in total. The van der Waals surface area contributed by atoms with E-state index in [1.807, 2.05) is 18.4 Å². The first-order valence-electron chi connectivity index (χ1n) is 3.71. The van der Waals surface area contributed by atoms with Gasteiger partial charge in [0.1, 0.15) is 5.78 Å². The van der Waals surface area contributed by atoms with Crippen molar-refractivity contribution in [3.63, 3.8) is 0 Å². The summed E-state index contributed by atoms with van der Waals surface area (Å²) in [6.45, 7) is 1.59. The lowest BCUT2D eigenvalue weighted by molar-refractivity contribution is -0.116. The normalized spacial score (nSPS) is 9.83. The second-order valence-corrected chi connectivity index (χ2v) is 3.35. The van der Waals surface area contributed by atoms with Gasteiger partial charge in [0.2, 0.25) is 0 Å². The third-order valence-electron chi connectivity index (χ3n) is 1.48. The summed E-state index contributed by atoms with van der Waals surface area (Å²) >= 11 is 1.57. The average Bonchev–Trinajstić information content (AvgIpc) is 2.04. The van der Waals surface area contributed by atoms with E-state index in [0.717, 1.165) is 10.6 Å². The zero-order chi connectivity index (χ0) is 8.97. The Morgan fingerprint density at radius 2 is 2.42 bits per heavy atom. The van der Waals surface area contributed by atoms with Gasteiger partial charge in [0, 0.05) is 12.6 Å². The Hall–Kier alpha value is -0.830. The van der Waals surface area contributed by atoms with E-state index in [9.17, 15) is 4.79 Å². The number of thioether (sulfide) groups is 1. The number of carbonyl (C=O) groups is 1.